The molecule has 0 saturated heterocycles. The second-order valence-electron chi connectivity index (χ2n) is 7.10. The van der Waals surface area contributed by atoms with Gasteiger partial charge in [0.15, 0.2) is 11.5 Å². The first-order valence-corrected chi connectivity index (χ1v) is 11.8. The predicted molar refractivity (Wildman–Crippen MR) is 117 cm³/mol. The van der Waals surface area contributed by atoms with Crippen molar-refractivity contribution in [3.63, 3.8) is 0 Å². The van der Waals surface area contributed by atoms with E-state index >= 15 is 0 Å². The van der Waals surface area contributed by atoms with E-state index in [0.29, 0.717) is 11.5 Å². The van der Waals surface area contributed by atoms with Crippen LogP contribution in [0.4, 0.5) is 5.69 Å². The molecule has 1 aromatic heterocycles. The first-order valence-electron chi connectivity index (χ1n) is 9.81. The van der Waals surface area contributed by atoms with Gasteiger partial charge in [-0.1, -0.05) is 27.6 Å². The minimum Gasteiger partial charge on any atom is -0.493 e. The first kappa shape index (κ1) is 25.7. The topological polar surface area (TPSA) is 138 Å². The van der Waals surface area contributed by atoms with E-state index in [1.807, 2.05) is 60.7 Å². The van der Waals surface area contributed by atoms with Crippen molar-refractivity contribution in [1.29, 1.82) is 0 Å². The van der Waals surface area contributed by atoms with Crippen LogP contribution in [0.2, 0.25) is 0 Å². The summed E-state index contributed by atoms with van der Waals surface area (Å²) < 4.78 is 52.0. The quantitative estimate of drug-likeness (QED) is 0.370. The van der Waals surface area contributed by atoms with Crippen LogP contribution in [0, 0.1) is 17.2 Å². The summed E-state index contributed by atoms with van der Waals surface area (Å²) in [6.45, 7) is 2.07. The number of rotatable bonds is 4. The normalized spacial score (nSPS) is 11.7. The molecule has 0 radical (unpaired) electrons. The molecule has 0 aliphatic carbocycles. The largest absolute Gasteiger partial charge is 0.493 e. The average molecular weight is 551 g/mol. The molecule has 4 aromatic rings. The summed E-state index contributed by atoms with van der Waals surface area (Å²) in [7, 11) is -1.69. The van der Waals surface area contributed by atoms with Gasteiger partial charge >= 0.3 is 0 Å². The zero-order valence-electron chi connectivity index (χ0n) is 18.5. The van der Waals surface area contributed by atoms with Crippen molar-refractivity contribution < 1.29 is 47.8 Å². The first-order chi connectivity index (χ1) is 16.1. The molecule has 0 unspecified atom stereocenters. The molecule has 0 bridgehead atoms. The van der Waals surface area contributed by atoms with Gasteiger partial charge < -0.3 is 13.9 Å². The highest BCUT2D eigenvalue weighted by Gasteiger charge is 2.12. The van der Waals surface area contributed by atoms with Crippen molar-refractivity contribution in [2.45, 2.75) is 6.92 Å². The Hall–Kier alpha value is -2.92. The fraction of sp³-hybridized carbons (Fsp3) is 0.125. The van der Waals surface area contributed by atoms with Crippen LogP contribution in [0.5, 0.6) is 11.5 Å². The van der Waals surface area contributed by atoms with E-state index in [1.165, 1.54) is 5.56 Å². The van der Waals surface area contributed by atoms with E-state index < -0.39 is 10.2 Å². The van der Waals surface area contributed by atoms with Crippen LogP contribution in [0.15, 0.2) is 75.6 Å². The minimum absolute atomic E-state index is 0.659. The van der Waals surface area contributed by atoms with Gasteiger partial charge in [-0.05, 0) is 49.4 Å². The van der Waals surface area contributed by atoms with Crippen LogP contribution in [0.3, 0.4) is 0 Å². The van der Waals surface area contributed by atoms with Gasteiger partial charge in [0.2, 0.25) is 11.0 Å². The SMILES string of the molecule is COc1ccc(-c2cc(=[NH+]c3ccc(Br)cc3)c3cc(C)ccc3o2)cc1OC.[O-][Cl+3]([O-])([O-])[O-]. The molecule has 0 aliphatic heterocycles. The summed E-state index contributed by atoms with van der Waals surface area (Å²) in [6, 6.07) is 22.0. The van der Waals surface area contributed by atoms with E-state index in [4.69, 9.17) is 32.5 Å². The van der Waals surface area contributed by atoms with Gasteiger partial charge in [-0.2, -0.15) is 0 Å². The summed E-state index contributed by atoms with van der Waals surface area (Å²) in [4.78, 5) is 3.53. The number of nitrogens with one attached hydrogen (secondary N) is 1. The monoisotopic (exact) mass is 549 g/mol. The van der Waals surface area contributed by atoms with Crippen LogP contribution in [-0.2, 0) is 0 Å². The molecule has 0 saturated carbocycles. The Labute approximate surface area is 206 Å². The predicted octanol–water partition coefficient (Wildman–Crippen LogP) is -0.255. The molecule has 10 heteroatoms. The number of halogens is 2. The highest BCUT2D eigenvalue weighted by molar-refractivity contribution is 9.10. The lowest BCUT2D eigenvalue weighted by Crippen LogP contribution is -2.70. The molecule has 1 N–H and O–H groups in total. The number of benzene rings is 3. The van der Waals surface area contributed by atoms with E-state index in [1.54, 1.807) is 14.2 Å². The Kier molecular flexibility index (Phi) is 8.32. The fourth-order valence-electron chi connectivity index (χ4n) is 3.22. The van der Waals surface area contributed by atoms with Gasteiger partial charge in [-0.3, -0.25) is 0 Å². The number of fused-ring (bicyclic) bond motifs is 1. The third kappa shape index (κ3) is 7.04. The fourth-order valence-corrected chi connectivity index (χ4v) is 3.49. The van der Waals surface area contributed by atoms with Crippen molar-refractivity contribution in [1.82, 2.24) is 0 Å². The van der Waals surface area contributed by atoms with Crippen molar-refractivity contribution in [3.8, 4) is 22.8 Å². The molecule has 1 heterocycles. The van der Waals surface area contributed by atoms with Crippen molar-refractivity contribution in [2.75, 3.05) is 14.2 Å². The van der Waals surface area contributed by atoms with Gasteiger partial charge in [0.05, 0.1) is 25.7 Å². The maximum atomic E-state index is 8.49. The molecule has 178 valence electrons. The zero-order valence-corrected chi connectivity index (χ0v) is 20.8. The Morgan fingerprint density at radius 3 is 2.09 bits per heavy atom. The number of methoxy groups -OCH3 is 2. The molecular weight excluding hydrogens is 530 g/mol. The van der Waals surface area contributed by atoms with E-state index in [0.717, 1.165) is 37.8 Å². The highest BCUT2D eigenvalue weighted by atomic mass is 79.9. The third-order valence-electron chi connectivity index (χ3n) is 4.71. The van der Waals surface area contributed by atoms with Gasteiger partial charge in [0.1, 0.15) is 11.3 Å². The number of ether oxygens (including phenoxy) is 2. The maximum Gasteiger partial charge on any atom is 0.218 e. The van der Waals surface area contributed by atoms with E-state index in [9.17, 15) is 0 Å². The summed E-state index contributed by atoms with van der Waals surface area (Å²) in [5, 5.41) is 2.00. The number of aryl methyl sites for hydroxylation is 1. The number of hydrogen-bond donors (Lipinski definition) is 1. The van der Waals surface area contributed by atoms with Crippen LogP contribution in [-0.4, -0.2) is 14.2 Å². The van der Waals surface area contributed by atoms with Crippen LogP contribution in [0.25, 0.3) is 22.3 Å². The second kappa shape index (κ2) is 11.0. The Balaban J connectivity index is 0.000000588. The van der Waals surface area contributed by atoms with Gasteiger partial charge in [-0.25, -0.2) is 23.6 Å². The smallest absolute Gasteiger partial charge is 0.218 e. The molecule has 0 spiro atoms. The maximum absolute atomic E-state index is 8.49. The van der Waals surface area contributed by atoms with Crippen molar-refractivity contribution >= 4 is 32.6 Å². The molecule has 0 amide bonds. The Morgan fingerprint density at radius 1 is 0.824 bits per heavy atom. The Bertz CT molecular complexity index is 1340. The van der Waals surface area contributed by atoms with Crippen molar-refractivity contribution in [3.05, 3.63) is 82.1 Å². The molecule has 0 aliphatic rings. The van der Waals surface area contributed by atoms with E-state index in [-0.39, 0.29) is 0 Å². The lowest BCUT2D eigenvalue weighted by atomic mass is 10.1. The molecule has 4 rings (SSSR count). The standard InChI is InChI=1S/C24H20BrNO3.ClHO4/c1-15-4-10-21-19(12-15)20(26-18-8-6-17(25)7-9-18)14-23(29-21)16-5-11-22(27-2)24(13-16)28-3;2-1(3,4)5/h4-14H,1-3H3;(H,2,3,4,5). The summed E-state index contributed by atoms with van der Waals surface area (Å²) >= 11 is 3.48. The molecule has 0 fully saturated rings. The second-order valence-corrected chi connectivity index (χ2v) is 8.78. The lowest BCUT2D eigenvalue weighted by Gasteiger charge is -2.17. The molecule has 34 heavy (non-hydrogen) atoms. The molecular formula is C24H21BrClNO7. The van der Waals surface area contributed by atoms with Gasteiger partial charge in [-0.15, -0.1) is 10.2 Å². The Morgan fingerprint density at radius 2 is 1.47 bits per heavy atom. The van der Waals surface area contributed by atoms with Crippen LogP contribution in [0.1, 0.15) is 5.56 Å². The van der Waals surface area contributed by atoms with Gasteiger partial charge in [0.25, 0.3) is 0 Å². The average Bonchev–Trinajstić information content (AvgIpc) is 2.79. The number of hydrogen-bond acceptors (Lipinski definition) is 7. The van der Waals surface area contributed by atoms with Crippen molar-refractivity contribution in [2.24, 2.45) is 0 Å². The van der Waals surface area contributed by atoms with Crippen LogP contribution < -0.4 is 38.5 Å². The molecule has 8 nitrogen and oxygen atoms in total. The highest BCUT2D eigenvalue weighted by Crippen LogP contribution is 2.32. The van der Waals surface area contributed by atoms with E-state index in [2.05, 4.69) is 33.9 Å². The minimum atomic E-state index is -4.94. The summed E-state index contributed by atoms with van der Waals surface area (Å²) in [5.74, 6) is 2.08. The van der Waals surface area contributed by atoms with Crippen LogP contribution >= 0.6 is 15.9 Å². The van der Waals surface area contributed by atoms with Gasteiger partial charge in [0, 0.05) is 22.2 Å². The summed E-state index contributed by atoms with van der Waals surface area (Å²) in [6.07, 6.45) is 0. The summed E-state index contributed by atoms with van der Waals surface area (Å²) in [5.41, 5.74) is 3.89. The molecule has 3 aromatic carbocycles. The zero-order chi connectivity index (χ0) is 24.9. The molecule has 0 atom stereocenters. The lowest BCUT2D eigenvalue weighted by molar-refractivity contribution is -2.00. The third-order valence-corrected chi connectivity index (χ3v) is 5.24.